The summed E-state index contributed by atoms with van der Waals surface area (Å²) in [5, 5.41) is 16.8. The summed E-state index contributed by atoms with van der Waals surface area (Å²) in [6, 6.07) is 4.78. The predicted octanol–water partition coefficient (Wildman–Crippen LogP) is 3.57. The highest BCUT2D eigenvalue weighted by molar-refractivity contribution is 7.90. The minimum atomic E-state index is -4.11. The number of fused-ring (bicyclic) bond motifs is 1. The van der Waals surface area contributed by atoms with Crippen LogP contribution >= 0.6 is 0 Å². The van der Waals surface area contributed by atoms with Crippen molar-refractivity contribution in [3.8, 4) is 0 Å². The van der Waals surface area contributed by atoms with Crippen molar-refractivity contribution < 1.29 is 27.5 Å². The standard InChI is InChI=1S/C27H33N9O5S/c1-15-16(2)24(17(3)20-14-41-27(4,5)23(15)20)42(39,40)35-26(28)31-11-7-10-21(22(37)13-32-29)33-25(38)18-8-6-9-19(12-18)34-36-30/h6,8-9,12-13,21H,7,10-11,14H2,1-5H3,(H,33,38)(H3,28,31,35). The summed E-state index contributed by atoms with van der Waals surface area (Å²) < 4.78 is 34.8. The number of hydrogen-bond donors (Lipinski definition) is 4. The summed E-state index contributed by atoms with van der Waals surface area (Å²) in [5.74, 6) is -1.74. The molecule has 1 aliphatic heterocycles. The first kappa shape index (κ1) is 32.0. The van der Waals surface area contributed by atoms with Gasteiger partial charge in [-0.15, -0.1) is 0 Å². The largest absolute Gasteiger partial charge is 0.366 e. The Hall–Kier alpha value is -4.55. The molecule has 1 unspecified atom stereocenters. The highest BCUT2D eigenvalue weighted by Gasteiger charge is 2.37. The van der Waals surface area contributed by atoms with E-state index in [0.717, 1.165) is 16.7 Å². The van der Waals surface area contributed by atoms with Gasteiger partial charge in [0.05, 0.1) is 23.1 Å². The zero-order chi connectivity index (χ0) is 31.2. The van der Waals surface area contributed by atoms with Gasteiger partial charge in [-0.3, -0.25) is 15.0 Å². The van der Waals surface area contributed by atoms with Gasteiger partial charge >= 0.3 is 6.21 Å². The second-order valence-corrected chi connectivity index (χ2v) is 11.9. The van der Waals surface area contributed by atoms with Crippen LogP contribution in [0.4, 0.5) is 5.69 Å². The molecule has 0 fully saturated rings. The zero-order valence-electron chi connectivity index (χ0n) is 24.0. The molecule has 0 aliphatic carbocycles. The Balaban J connectivity index is 1.65. The van der Waals surface area contributed by atoms with E-state index >= 15 is 0 Å². The van der Waals surface area contributed by atoms with E-state index in [1.54, 1.807) is 13.8 Å². The first-order valence-electron chi connectivity index (χ1n) is 13.0. The summed E-state index contributed by atoms with van der Waals surface area (Å²) in [4.78, 5) is 30.6. The lowest BCUT2D eigenvalue weighted by Crippen LogP contribution is -2.43. The third-order valence-corrected chi connectivity index (χ3v) is 8.75. The number of ketones is 1. The Morgan fingerprint density at radius 1 is 1.19 bits per heavy atom. The number of guanidine groups is 1. The molecular formula is C27H33N9O5S. The summed E-state index contributed by atoms with van der Waals surface area (Å²) in [5.41, 5.74) is 21.0. The van der Waals surface area contributed by atoms with Crippen LogP contribution in [0, 0.1) is 26.2 Å². The van der Waals surface area contributed by atoms with Crippen LogP contribution in [0.5, 0.6) is 0 Å². The lowest BCUT2D eigenvalue weighted by Gasteiger charge is -2.24. The molecule has 2 aromatic rings. The van der Waals surface area contributed by atoms with E-state index in [-0.39, 0.29) is 35.5 Å². The summed E-state index contributed by atoms with van der Waals surface area (Å²) in [6.07, 6.45) is 0.985. The smallest absolute Gasteiger partial charge is 0.325 e. The number of nitrogens with one attached hydrogen (secondary N) is 4. The first-order valence-corrected chi connectivity index (χ1v) is 14.5. The normalized spacial score (nSPS) is 14.0. The number of carbonyl (C=O) groups is 2. The average molecular weight is 596 g/mol. The molecule has 0 radical (unpaired) electrons. The molecule has 0 spiro atoms. The van der Waals surface area contributed by atoms with Crippen molar-refractivity contribution in [2.75, 3.05) is 6.54 Å². The van der Waals surface area contributed by atoms with Crippen LogP contribution < -0.4 is 15.4 Å². The number of azide groups is 1. The first-order chi connectivity index (χ1) is 19.7. The quantitative estimate of drug-likeness (QED) is 0.0758. The molecule has 42 heavy (non-hydrogen) atoms. The molecule has 222 valence electrons. The molecular weight excluding hydrogens is 562 g/mol. The molecule has 2 aromatic carbocycles. The Bertz CT molecular complexity index is 1640. The van der Waals surface area contributed by atoms with Crippen molar-refractivity contribution in [3.63, 3.8) is 0 Å². The summed E-state index contributed by atoms with van der Waals surface area (Å²) in [6.45, 7) is 9.60. The maximum Gasteiger partial charge on any atom is 0.325 e. The van der Waals surface area contributed by atoms with E-state index in [1.165, 1.54) is 24.3 Å². The Kier molecular flexibility index (Phi) is 9.87. The molecule has 1 amide bonds. The van der Waals surface area contributed by atoms with Crippen LogP contribution in [0.1, 0.15) is 64.9 Å². The number of Topliss-reactive ketones (excluding diaryl/α,β-unsaturated/α-hetero) is 1. The topological polar surface area (TPSA) is 223 Å². The van der Waals surface area contributed by atoms with E-state index < -0.39 is 39.3 Å². The fourth-order valence-corrected chi connectivity index (χ4v) is 6.61. The van der Waals surface area contributed by atoms with Gasteiger partial charge in [-0.25, -0.2) is 13.1 Å². The summed E-state index contributed by atoms with van der Waals surface area (Å²) in [7, 11) is -4.11. The van der Waals surface area contributed by atoms with E-state index in [1.807, 2.05) is 20.8 Å². The second-order valence-electron chi connectivity index (χ2n) is 10.3. The number of ether oxygens (including phenoxy) is 1. The maximum absolute atomic E-state index is 13.3. The van der Waals surface area contributed by atoms with Crippen LogP contribution in [0.25, 0.3) is 16.0 Å². The lowest BCUT2D eigenvalue weighted by atomic mass is 9.87. The summed E-state index contributed by atoms with van der Waals surface area (Å²) >= 11 is 0. The molecule has 3 rings (SSSR count). The fourth-order valence-electron chi connectivity index (χ4n) is 5.09. The number of sulfonamides is 1. The lowest BCUT2D eigenvalue weighted by molar-refractivity contribution is -0.117. The molecule has 0 saturated heterocycles. The third kappa shape index (κ3) is 7.01. The third-order valence-electron chi connectivity index (χ3n) is 7.13. The van der Waals surface area contributed by atoms with Crippen LogP contribution in [-0.4, -0.2) is 49.7 Å². The van der Waals surface area contributed by atoms with Gasteiger partial charge in [0.1, 0.15) is 0 Å². The van der Waals surface area contributed by atoms with Crippen molar-refractivity contribution in [1.29, 1.82) is 5.41 Å². The Labute approximate surface area is 243 Å². The number of carbonyl (C=O) groups excluding carboxylic acids is 2. The molecule has 4 N–H and O–H groups in total. The number of benzene rings is 2. The number of nitrogens with zero attached hydrogens (tertiary/aromatic N) is 5. The predicted molar refractivity (Wildman–Crippen MR) is 155 cm³/mol. The molecule has 1 heterocycles. The monoisotopic (exact) mass is 595 g/mol. The molecule has 0 aromatic heterocycles. The zero-order valence-corrected chi connectivity index (χ0v) is 24.8. The van der Waals surface area contributed by atoms with Crippen LogP contribution in [0.3, 0.4) is 0 Å². The minimum Gasteiger partial charge on any atom is -0.366 e. The maximum atomic E-state index is 13.3. The Morgan fingerprint density at radius 3 is 2.57 bits per heavy atom. The highest BCUT2D eigenvalue weighted by Crippen LogP contribution is 2.43. The van der Waals surface area contributed by atoms with E-state index in [4.69, 9.17) is 21.2 Å². The second kappa shape index (κ2) is 13.0. The van der Waals surface area contributed by atoms with Crippen molar-refractivity contribution in [1.82, 2.24) is 15.4 Å². The number of hydrogen-bond acceptors (Lipinski definition) is 7. The van der Waals surface area contributed by atoms with Gasteiger partial charge in [-0.2, -0.15) is 4.79 Å². The van der Waals surface area contributed by atoms with E-state index in [0.29, 0.717) is 23.9 Å². The molecule has 14 nitrogen and oxygen atoms in total. The van der Waals surface area contributed by atoms with Crippen LogP contribution in [0.2, 0.25) is 0 Å². The van der Waals surface area contributed by atoms with Gasteiger partial charge in [-0.1, -0.05) is 17.2 Å². The fraction of sp³-hybridized carbons (Fsp3) is 0.407. The molecule has 1 atom stereocenters. The van der Waals surface area contributed by atoms with Crippen molar-refractivity contribution in [2.24, 2.45) is 5.11 Å². The van der Waals surface area contributed by atoms with E-state index in [2.05, 4.69) is 30.2 Å². The number of rotatable bonds is 11. The molecule has 15 heteroatoms. The van der Waals surface area contributed by atoms with Gasteiger partial charge in [0.15, 0.2) is 0 Å². The molecule has 0 bridgehead atoms. The van der Waals surface area contributed by atoms with Crippen molar-refractivity contribution in [3.05, 3.63) is 73.6 Å². The molecule has 0 saturated carbocycles. The average Bonchev–Trinajstić information content (AvgIpc) is 3.24. The van der Waals surface area contributed by atoms with Gasteiger partial charge in [-0.05, 0) is 92.9 Å². The number of amides is 1. The highest BCUT2D eigenvalue weighted by atomic mass is 32.2. The SMILES string of the molecule is Cc1c(C)c(S(=O)(=O)NC(=N)NCCCC(NC(=O)c2cccc(N=[N+]=[N-])c2)C(=O)C=[N+]=[N-])c(C)c2c1C(C)(C)OC2. The van der Waals surface area contributed by atoms with Crippen LogP contribution in [0.15, 0.2) is 34.3 Å². The Morgan fingerprint density at radius 2 is 1.90 bits per heavy atom. The van der Waals surface area contributed by atoms with Crippen molar-refractivity contribution in [2.45, 2.75) is 70.6 Å². The van der Waals surface area contributed by atoms with Gasteiger partial charge < -0.3 is 20.9 Å². The van der Waals surface area contributed by atoms with Gasteiger partial charge in [0.2, 0.25) is 5.96 Å². The van der Waals surface area contributed by atoms with Gasteiger partial charge in [0.25, 0.3) is 21.7 Å². The van der Waals surface area contributed by atoms with Crippen molar-refractivity contribution >= 4 is 39.6 Å². The minimum absolute atomic E-state index is 0.0810. The van der Waals surface area contributed by atoms with Crippen LogP contribution in [-0.2, 0) is 31.8 Å². The molecule has 1 aliphatic rings. The van der Waals surface area contributed by atoms with Gasteiger partial charge in [0, 0.05) is 22.7 Å². The van der Waals surface area contributed by atoms with E-state index in [9.17, 15) is 18.0 Å².